The highest BCUT2D eigenvalue weighted by atomic mass is 16.5. The largest absolute Gasteiger partial charge is 0.388 e. The Morgan fingerprint density at radius 3 is 2.86 bits per heavy atom. The van der Waals surface area contributed by atoms with Crippen LogP contribution in [0, 0.1) is 0 Å². The summed E-state index contributed by atoms with van der Waals surface area (Å²) in [6.45, 7) is 2.89. The first kappa shape index (κ1) is 21.3. The van der Waals surface area contributed by atoms with E-state index < -0.39 is 6.10 Å². The van der Waals surface area contributed by atoms with Gasteiger partial charge in [-0.3, -0.25) is 9.78 Å². The van der Waals surface area contributed by atoms with Gasteiger partial charge < -0.3 is 20.1 Å². The van der Waals surface area contributed by atoms with Gasteiger partial charge in [0.15, 0.2) is 0 Å². The number of nitrogens with zero attached hydrogens (tertiary/aromatic N) is 2. The molecule has 156 valence electrons. The zero-order valence-electron chi connectivity index (χ0n) is 17.1. The number of pyridine rings is 1. The fourth-order valence-corrected chi connectivity index (χ4v) is 3.75. The van der Waals surface area contributed by atoms with Gasteiger partial charge in [-0.05, 0) is 55.2 Å². The van der Waals surface area contributed by atoms with Crippen molar-refractivity contribution >= 4 is 11.6 Å². The van der Waals surface area contributed by atoms with E-state index in [9.17, 15) is 9.90 Å². The highest BCUT2D eigenvalue weighted by Crippen LogP contribution is 2.32. The molecular weight excluding hydrogens is 366 g/mol. The Morgan fingerprint density at radius 1 is 1.24 bits per heavy atom. The van der Waals surface area contributed by atoms with Crippen LogP contribution in [-0.2, 0) is 11.2 Å². The van der Waals surface area contributed by atoms with Gasteiger partial charge in [-0.15, -0.1) is 0 Å². The van der Waals surface area contributed by atoms with Crippen LogP contribution >= 0.6 is 0 Å². The Labute approximate surface area is 172 Å². The first-order valence-corrected chi connectivity index (χ1v) is 10.4. The lowest BCUT2D eigenvalue weighted by Crippen LogP contribution is -2.30. The lowest BCUT2D eigenvalue weighted by Gasteiger charge is -2.28. The minimum Gasteiger partial charge on any atom is -0.388 e. The van der Waals surface area contributed by atoms with Gasteiger partial charge in [-0.25, -0.2) is 0 Å². The molecule has 1 aromatic heterocycles. The number of fused-ring (bicyclic) bond motifs is 1. The van der Waals surface area contributed by atoms with Gasteiger partial charge in [-0.1, -0.05) is 12.8 Å². The van der Waals surface area contributed by atoms with Gasteiger partial charge in [-0.2, -0.15) is 0 Å². The van der Waals surface area contributed by atoms with Crippen molar-refractivity contribution in [3.05, 3.63) is 59.4 Å². The summed E-state index contributed by atoms with van der Waals surface area (Å²) in [5.41, 5.74) is 3.57. The quantitative estimate of drug-likeness (QED) is 0.751. The number of rotatable bonds is 7. The molecule has 6 heteroatoms. The molecule has 2 aromatic rings. The molecule has 0 saturated heterocycles. The number of hydrogen-bond acceptors (Lipinski definition) is 5. The summed E-state index contributed by atoms with van der Waals surface area (Å²) < 4.78 is 5.26. The standard InChI is InChI=1S/C23H31N3O3/c1-29-16-15-26-14-4-2-3-5-22(27)20-17-19(6-7-21(20)26)23(28)25-13-10-18-8-11-24-12-9-18/h6-9,11-12,17,22,27H,2-5,10,13-16H2,1H3,(H,25,28). The summed E-state index contributed by atoms with van der Waals surface area (Å²) in [5, 5.41) is 13.8. The molecule has 1 aliphatic rings. The van der Waals surface area contributed by atoms with Crippen LogP contribution in [0.25, 0.3) is 0 Å². The minimum absolute atomic E-state index is 0.114. The van der Waals surface area contributed by atoms with Crippen LogP contribution in [0.4, 0.5) is 5.69 Å². The maximum Gasteiger partial charge on any atom is 0.251 e. The van der Waals surface area contributed by atoms with Crippen molar-refractivity contribution in [2.24, 2.45) is 0 Å². The fraction of sp³-hybridized carbons (Fsp3) is 0.478. The van der Waals surface area contributed by atoms with Crippen molar-refractivity contribution in [1.82, 2.24) is 10.3 Å². The monoisotopic (exact) mass is 397 g/mol. The van der Waals surface area contributed by atoms with Gasteiger partial charge in [0.2, 0.25) is 0 Å². The number of aromatic nitrogens is 1. The van der Waals surface area contributed by atoms with E-state index in [1.165, 1.54) is 0 Å². The smallest absolute Gasteiger partial charge is 0.251 e. The van der Waals surface area contributed by atoms with Gasteiger partial charge in [0.25, 0.3) is 5.91 Å². The number of ether oxygens (including phenoxy) is 1. The first-order chi connectivity index (χ1) is 14.2. The van der Waals surface area contributed by atoms with Crippen LogP contribution in [0.3, 0.4) is 0 Å². The van der Waals surface area contributed by atoms with Crippen LogP contribution in [0.15, 0.2) is 42.7 Å². The molecule has 0 radical (unpaired) electrons. The lowest BCUT2D eigenvalue weighted by atomic mass is 9.99. The van der Waals surface area contributed by atoms with E-state index in [4.69, 9.17) is 4.74 Å². The normalized spacial score (nSPS) is 17.0. The van der Waals surface area contributed by atoms with E-state index >= 15 is 0 Å². The highest BCUT2D eigenvalue weighted by molar-refractivity contribution is 5.95. The average Bonchev–Trinajstić information content (AvgIpc) is 2.82. The van der Waals surface area contributed by atoms with Crippen LogP contribution in [0.1, 0.15) is 53.3 Å². The summed E-state index contributed by atoms with van der Waals surface area (Å²) in [6, 6.07) is 9.58. The van der Waals surface area contributed by atoms with Crippen molar-refractivity contribution < 1.29 is 14.6 Å². The van der Waals surface area contributed by atoms with E-state index in [1.807, 2.05) is 30.3 Å². The Kier molecular flexibility index (Phi) is 8.02. The molecule has 2 heterocycles. The van der Waals surface area contributed by atoms with Crippen LogP contribution in [0.5, 0.6) is 0 Å². The zero-order chi connectivity index (χ0) is 20.5. The third-order valence-corrected chi connectivity index (χ3v) is 5.41. The second-order valence-corrected chi connectivity index (χ2v) is 7.48. The molecule has 2 N–H and O–H groups in total. The molecule has 1 unspecified atom stereocenters. The third kappa shape index (κ3) is 6.02. The molecular formula is C23H31N3O3. The zero-order valence-corrected chi connectivity index (χ0v) is 17.1. The molecule has 1 aliphatic heterocycles. The molecule has 0 aliphatic carbocycles. The number of nitrogens with one attached hydrogen (secondary N) is 1. The summed E-state index contributed by atoms with van der Waals surface area (Å²) in [6.07, 6.45) is 7.60. The van der Waals surface area contributed by atoms with Crippen molar-refractivity contribution in [3.63, 3.8) is 0 Å². The van der Waals surface area contributed by atoms with E-state index in [0.29, 0.717) is 18.7 Å². The third-order valence-electron chi connectivity index (χ3n) is 5.41. The second kappa shape index (κ2) is 10.9. The number of aliphatic hydroxyl groups is 1. The molecule has 0 spiro atoms. The van der Waals surface area contributed by atoms with Gasteiger partial charge >= 0.3 is 0 Å². The number of anilines is 1. The molecule has 0 saturated carbocycles. The summed E-state index contributed by atoms with van der Waals surface area (Å²) in [7, 11) is 1.70. The number of benzene rings is 1. The molecule has 0 bridgehead atoms. The van der Waals surface area contributed by atoms with Crippen molar-refractivity contribution in [1.29, 1.82) is 0 Å². The summed E-state index contributed by atoms with van der Waals surface area (Å²) in [5.74, 6) is -0.114. The molecule has 3 rings (SSSR count). The maximum absolute atomic E-state index is 12.7. The Morgan fingerprint density at radius 2 is 2.07 bits per heavy atom. The molecule has 1 aromatic carbocycles. The lowest BCUT2D eigenvalue weighted by molar-refractivity contribution is 0.0953. The van der Waals surface area contributed by atoms with E-state index in [0.717, 1.165) is 62.0 Å². The molecule has 6 nitrogen and oxygen atoms in total. The van der Waals surface area contributed by atoms with Crippen LogP contribution in [0.2, 0.25) is 0 Å². The first-order valence-electron chi connectivity index (χ1n) is 10.4. The Balaban J connectivity index is 1.73. The van der Waals surface area contributed by atoms with E-state index in [2.05, 4.69) is 15.2 Å². The van der Waals surface area contributed by atoms with E-state index in [1.54, 1.807) is 19.5 Å². The highest BCUT2D eigenvalue weighted by Gasteiger charge is 2.21. The molecule has 0 fully saturated rings. The van der Waals surface area contributed by atoms with Crippen LogP contribution in [-0.4, -0.2) is 49.3 Å². The fourth-order valence-electron chi connectivity index (χ4n) is 3.75. The summed E-state index contributed by atoms with van der Waals surface area (Å²) in [4.78, 5) is 18.9. The number of methoxy groups -OCH3 is 1. The van der Waals surface area contributed by atoms with E-state index in [-0.39, 0.29) is 5.91 Å². The van der Waals surface area contributed by atoms with Crippen molar-refractivity contribution in [2.45, 2.75) is 38.2 Å². The molecule has 1 atom stereocenters. The average molecular weight is 398 g/mol. The predicted molar refractivity (Wildman–Crippen MR) is 114 cm³/mol. The van der Waals surface area contributed by atoms with Gasteiger partial charge in [0.05, 0.1) is 12.7 Å². The van der Waals surface area contributed by atoms with Crippen molar-refractivity contribution in [2.75, 3.05) is 38.3 Å². The summed E-state index contributed by atoms with van der Waals surface area (Å²) >= 11 is 0. The second-order valence-electron chi connectivity index (χ2n) is 7.48. The number of amides is 1. The number of carbonyl (C=O) groups excluding carboxylic acids is 1. The number of hydrogen-bond donors (Lipinski definition) is 2. The number of aliphatic hydroxyl groups excluding tert-OH is 1. The number of carbonyl (C=O) groups is 1. The van der Waals surface area contributed by atoms with Crippen LogP contribution < -0.4 is 10.2 Å². The van der Waals surface area contributed by atoms with Gasteiger partial charge in [0, 0.05) is 56.0 Å². The molecule has 1 amide bonds. The maximum atomic E-state index is 12.7. The Bertz CT molecular complexity index is 782. The SMILES string of the molecule is COCCN1CCCCCC(O)c2cc(C(=O)NCCc3ccncc3)ccc21. The van der Waals surface area contributed by atoms with Crippen molar-refractivity contribution in [3.8, 4) is 0 Å². The molecule has 29 heavy (non-hydrogen) atoms. The van der Waals surface area contributed by atoms with Gasteiger partial charge in [0.1, 0.15) is 0 Å². The topological polar surface area (TPSA) is 74.7 Å². The Hall–Kier alpha value is -2.44. The predicted octanol–water partition coefficient (Wildman–Crippen LogP) is 3.11. The minimum atomic E-state index is -0.558.